The Hall–Kier alpha value is -3.26. The lowest BCUT2D eigenvalue weighted by molar-refractivity contribution is 0.102. The highest BCUT2D eigenvalue weighted by atomic mass is 79.9. The van der Waals surface area contributed by atoms with Gasteiger partial charge in [0.05, 0.1) is 17.4 Å². The second kappa shape index (κ2) is 7.16. The van der Waals surface area contributed by atoms with Gasteiger partial charge in [0, 0.05) is 28.8 Å². The molecule has 1 N–H and O–H groups in total. The zero-order chi connectivity index (χ0) is 18.8. The number of nitrogens with one attached hydrogen (secondary N) is 1. The van der Waals surface area contributed by atoms with Crippen molar-refractivity contribution >= 4 is 27.5 Å². The average Bonchev–Trinajstić information content (AvgIpc) is 3.35. The molecule has 0 unspecified atom stereocenters. The van der Waals surface area contributed by atoms with Crippen LogP contribution in [0.4, 0.5) is 10.1 Å². The number of aromatic nitrogens is 4. The Bertz CT molecular complexity index is 1090. The molecule has 2 aromatic heterocycles. The molecule has 0 atom stereocenters. The van der Waals surface area contributed by atoms with Gasteiger partial charge in [0.15, 0.2) is 5.82 Å². The molecule has 4 rings (SSSR count). The number of nitrogens with zero attached hydrogens (tertiary/aromatic N) is 4. The molecule has 1 amide bonds. The third-order valence-corrected chi connectivity index (χ3v) is 4.42. The molecule has 4 aromatic rings. The standard InChI is InChI=1S/C19H13BrFN5O/c20-14-2-5-16(6-3-14)26-12-13(11-23-26)19(27)24-15-4-7-18(17(21)10-15)25-9-1-8-22-25/h1-12H,(H,24,27). The number of rotatable bonds is 4. The van der Waals surface area contributed by atoms with Crippen molar-refractivity contribution in [2.45, 2.75) is 0 Å². The Balaban J connectivity index is 1.51. The minimum atomic E-state index is -0.484. The normalized spacial score (nSPS) is 10.7. The molecule has 0 fully saturated rings. The van der Waals surface area contributed by atoms with Gasteiger partial charge < -0.3 is 5.32 Å². The van der Waals surface area contributed by atoms with Crippen LogP contribution >= 0.6 is 15.9 Å². The van der Waals surface area contributed by atoms with Gasteiger partial charge in [0.1, 0.15) is 5.69 Å². The van der Waals surface area contributed by atoms with Gasteiger partial charge in [-0.25, -0.2) is 13.8 Å². The third-order valence-electron chi connectivity index (χ3n) is 3.89. The largest absolute Gasteiger partial charge is 0.322 e. The first-order chi connectivity index (χ1) is 13.1. The Morgan fingerprint density at radius 1 is 1.07 bits per heavy atom. The summed E-state index contributed by atoms with van der Waals surface area (Å²) in [5, 5.41) is 10.9. The summed E-state index contributed by atoms with van der Waals surface area (Å²) in [6.45, 7) is 0. The van der Waals surface area contributed by atoms with E-state index in [1.54, 1.807) is 41.5 Å². The Kier molecular flexibility index (Phi) is 4.55. The van der Waals surface area contributed by atoms with E-state index in [2.05, 4.69) is 31.4 Å². The number of halogens is 2. The molecule has 0 saturated carbocycles. The SMILES string of the molecule is O=C(Nc1ccc(-n2cccn2)c(F)c1)c1cnn(-c2ccc(Br)cc2)c1. The van der Waals surface area contributed by atoms with Crippen LogP contribution in [-0.4, -0.2) is 25.5 Å². The topological polar surface area (TPSA) is 64.7 Å². The van der Waals surface area contributed by atoms with Gasteiger partial charge in [-0.15, -0.1) is 0 Å². The predicted molar refractivity (Wildman–Crippen MR) is 103 cm³/mol. The van der Waals surface area contributed by atoms with Crippen molar-refractivity contribution in [1.82, 2.24) is 19.6 Å². The van der Waals surface area contributed by atoms with E-state index in [0.29, 0.717) is 16.9 Å². The molecule has 6 nitrogen and oxygen atoms in total. The lowest BCUT2D eigenvalue weighted by atomic mass is 10.2. The number of benzene rings is 2. The van der Waals surface area contributed by atoms with E-state index in [-0.39, 0.29) is 5.91 Å². The summed E-state index contributed by atoms with van der Waals surface area (Å²) in [4.78, 5) is 12.4. The summed E-state index contributed by atoms with van der Waals surface area (Å²) in [7, 11) is 0. The first-order valence-electron chi connectivity index (χ1n) is 8.02. The summed E-state index contributed by atoms with van der Waals surface area (Å²) < 4.78 is 18.3. The van der Waals surface area contributed by atoms with Crippen LogP contribution in [0.15, 0.2) is 77.8 Å². The second-order valence-corrected chi connectivity index (χ2v) is 6.64. The highest BCUT2D eigenvalue weighted by Gasteiger charge is 2.12. The van der Waals surface area contributed by atoms with Gasteiger partial charge in [0.25, 0.3) is 5.91 Å². The molecule has 0 aliphatic rings. The van der Waals surface area contributed by atoms with Crippen LogP contribution in [0.1, 0.15) is 10.4 Å². The lowest BCUT2D eigenvalue weighted by Gasteiger charge is -2.07. The van der Waals surface area contributed by atoms with Gasteiger partial charge >= 0.3 is 0 Å². The van der Waals surface area contributed by atoms with Gasteiger partial charge in [-0.3, -0.25) is 4.79 Å². The quantitative estimate of drug-likeness (QED) is 0.532. The van der Waals surface area contributed by atoms with Crippen molar-refractivity contribution in [3.05, 3.63) is 89.2 Å². The molecule has 2 heterocycles. The summed E-state index contributed by atoms with van der Waals surface area (Å²) in [5.74, 6) is -0.855. The van der Waals surface area contributed by atoms with E-state index >= 15 is 0 Å². The number of hydrogen-bond donors (Lipinski definition) is 1. The zero-order valence-corrected chi connectivity index (χ0v) is 15.5. The van der Waals surface area contributed by atoms with Crippen LogP contribution in [0.5, 0.6) is 0 Å². The molecule has 0 bridgehead atoms. The van der Waals surface area contributed by atoms with E-state index < -0.39 is 5.82 Å². The van der Waals surface area contributed by atoms with Crippen LogP contribution in [0.25, 0.3) is 11.4 Å². The molecule has 2 aromatic carbocycles. The van der Waals surface area contributed by atoms with E-state index in [9.17, 15) is 9.18 Å². The van der Waals surface area contributed by atoms with Crippen molar-refractivity contribution in [3.8, 4) is 11.4 Å². The summed E-state index contributed by atoms with van der Waals surface area (Å²) >= 11 is 3.38. The fraction of sp³-hybridized carbons (Fsp3) is 0. The molecule has 0 spiro atoms. The molecule has 0 saturated heterocycles. The summed E-state index contributed by atoms with van der Waals surface area (Å²) in [6, 6.07) is 13.7. The van der Waals surface area contributed by atoms with Gasteiger partial charge in [-0.05, 0) is 48.5 Å². The molecule has 8 heteroatoms. The molecule has 0 radical (unpaired) electrons. The molecular formula is C19H13BrFN5O. The van der Waals surface area contributed by atoms with Crippen molar-refractivity contribution < 1.29 is 9.18 Å². The molecule has 0 aliphatic carbocycles. The maximum Gasteiger partial charge on any atom is 0.258 e. The van der Waals surface area contributed by atoms with Crippen LogP contribution in [0, 0.1) is 5.82 Å². The Morgan fingerprint density at radius 3 is 2.59 bits per heavy atom. The average molecular weight is 426 g/mol. The van der Waals surface area contributed by atoms with Crippen LogP contribution in [0.2, 0.25) is 0 Å². The number of carbonyl (C=O) groups is 1. The van der Waals surface area contributed by atoms with E-state index in [1.165, 1.54) is 16.9 Å². The van der Waals surface area contributed by atoms with Gasteiger partial charge in [-0.2, -0.15) is 10.2 Å². The highest BCUT2D eigenvalue weighted by molar-refractivity contribution is 9.10. The van der Waals surface area contributed by atoms with Gasteiger partial charge in [0.2, 0.25) is 0 Å². The fourth-order valence-corrected chi connectivity index (χ4v) is 2.82. The van der Waals surface area contributed by atoms with Crippen molar-refractivity contribution in [3.63, 3.8) is 0 Å². The summed E-state index contributed by atoms with van der Waals surface area (Å²) in [6.07, 6.45) is 6.30. The molecular weight excluding hydrogens is 413 g/mol. The van der Waals surface area contributed by atoms with E-state index in [4.69, 9.17) is 0 Å². The van der Waals surface area contributed by atoms with Crippen molar-refractivity contribution in [2.75, 3.05) is 5.32 Å². The molecule has 27 heavy (non-hydrogen) atoms. The maximum absolute atomic E-state index is 14.3. The smallest absolute Gasteiger partial charge is 0.258 e. The number of amides is 1. The minimum absolute atomic E-state index is 0.307. The Morgan fingerprint density at radius 2 is 1.89 bits per heavy atom. The lowest BCUT2D eigenvalue weighted by Crippen LogP contribution is -2.11. The number of carbonyl (C=O) groups excluding carboxylic acids is 1. The number of hydrogen-bond acceptors (Lipinski definition) is 3. The van der Waals surface area contributed by atoms with Gasteiger partial charge in [-0.1, -0.05) is 15.9 Å². The Labute approximate surface area is 162 Å². The first kappa shape index (κ1) is 17.2. The minimum Gasteiger partial charge on any atom is -0.322 e. The van der Waals surface area contributed by atoms with Crippen molar-refractivity contribution in [1.29, 1.82) is 0 Å². The first-order valence-corrected chi connectivity index (χ1v) is 8.81. The van der Waals surface area contributed by atoms with E-state index in [0.717, 1.165) is 10.2 Å². The maximum atomic E-state index is 14.3. The monoisotopic (exact) mass is 425 g/mol. The third kappa shape index (κ3) is 3.65. The highest BCUT2D eigenvalue weighted by Crippen LogP contribution is 2.19. The van der Waals surface area contributed by atoms with Crippen LogP contribution in [-0.2, 0) is 0 Å². The molecule has 0 aliphatic heterocycles. The fourth-order valence-electron chi connectivity index (χ4n) is 2.56. The van der Waals surface area contributed by atoms with E-state index in [1.807, 2.05) is 24.3 Å². The summed E-state index contributed by atoms with van der Waals surface area (Å²) in [5.41, 5.74) is 1.85. The molecule has 134 valence electrons. The number of anilines is 1. The van der Waals surface area contributed by atoms with Crippen LogP contribution < -0.4 is 5.32 Å². The van der Waals surface area contributed by atoms with Crippen molar-refractivity contribution in [2.24, 2.45) is 0 Å². The second-order valence-electron chi connectivity index (χ2n) is 5.72. The van der Waals surface area contributed by atoms with Crippen LogP contribution in [0.3, 0.4) is 0 Å². The predicted octanol–water partition coefficient (Wildman–Crippen LogP) is 4.21. The zero-order valence-electron chi connectivity index (χ0n) is 13.9.